The van der Waals surface area contributed by atoms with Crippen molar-refractivity contribution in [1.82, 2.24) is 10.6 Å². The lowest BCUT2D eigenvalue weighted by Crippen LogP contribution is -2.64. The lowest BCUT2D eigenvalue weighted by atomic mass is 9.88. The van der Waals surface area contributed by atoms with Gasteiger partial charge in [0.2, 0.25) is 5.91 Å². The van der Waals surface area contributed by atoms with Crippen LogP contribution in [0.4, 0.5) is 4.79 Å². The number of rotatable bonds is 6. The molecule has 9 heteroatoms. The van der Waals surface area contributed by atoms with Crippen LogP contribution in [0, 0.1) is 3.57 Å². The molecule has 1 heterocycles. The van der Waals surface area contributed by atoms with Crippen LogP contribution in [-0.2, 0) is 19.1 Å². The molecular formula is C20H28IN3O5. The number of aldehydes is 1. The number of carbonyl (C=O) groups excluding carboxylic acids is 3. The van der Waals surface area contributed by atoms with E-state index in [0.717, 1.165) is 9.13 Å². The Balaban J connectivity index is 2.16. The summed E-state index contributed by atoms with van der Waals surface area (Å²) >= 11 is 2.17. The number of hydrogen-bond acceptors (Lipinski definition) is 6. The number of carbonyl (C=O) groups is 3. The van der Waals surface area contributed by atoms with Gasteiger partial charge in [0, 0.05) is 29.6 Å². The van der Waals surface area contributed by atoms with Crippen molar-refractivity contribution in [3.63, 3.8) is 0 Å². The molecule has 0 saturated carbocycles. The summed E-state index contributed by atoms with van der Waals surface area (Å²) < 4.78 is 11.7. The highest BCUT2D eigenvalue weighted by Gasteiger charge is 2.43. The highest BCUT2D eigenvalue weighted by molar-refractivity contribution is 14.1. The molecule has 8 nitrogen and oxygen atoms in total. The Morgan fingerprint density at radius 3 is 2.34 bits per heavy atom. The zero-order valence-corrected chi connectivity index (χ0v) is 19.0. The number of amides is 2. The maximum atomic E-state index is 13.1. The molecule has 2 rings (SSSR count). The molecule has 0 aliphatic carbocycles. The van der Waals surface area contributed by atoms with Gasteiger partial charge in [-0.2, -0.15) is 0 Å². The third kappa shape index (κ3) is 6.65. The van der Waals surface area contributed by atoms with Gasteiger partial charge in [0.15, 0.2) is 0 Å². The Morgan fingerprint density at radius 2 is 1.83 bits per heavy atom. The molecule has 2 amide bonds. The molecule has 1 saturated heterocycles. The van der Waals surface area contributed by atoms with Gasteiger partial charge in [-0.1, -0.05) is 12.1 Å². The maximum absolute atomic E-state index is 13.1. The first-order valence-corrected chi connectivity index (χ1v) is 10.5. The van der Waals surface area contributed by atoms with Gasteiger partial charge >= 0.3 is 6.09 Å². The Kier molecular flexibility index (Phi) is 8.01. The molecule has 29 heavy (non-hydrogen) atoms. The van der Waals surface area contributed by atoms with Crippen LogP contribution in [0.25, 0.3) is 0 Å². The van der Waals surface area contributed by atoms with E-state index in [1.807, 2.05) is 24.3 Å². The zero-order chi connectivity index (χ0) is 21.7. The Morgan fingerprint density at radius 1 is 1.24 bits per heavy atom. The van der Waals surface area contributed by atoms with Crippen LogP contribution in [0.3, 0.4) is 0 Å². The van der Waals surface area contributed by atoms with Gasteiger partial charge in [-0.05, 0) is 61.1 Å². The number of hydrogen-bond donors (Lipinski definition) is 3. The molecule has 4 N–H and O–H groups in total. The smallest absolute Gasteiger partial charge is 0.408 e. The second-order valence-corrected chi connectivity index (χ2v) is 9.28. The van der Waals surface area contributed by atoms with E-state index in [2.05, 4.69) is 33.2 Å². The fraction of sp³-hybridized carbons (Fsp3) is 0.550. The summed E-state index contributed by atoms with van der Waals surface area (Å²) in [5.41, 5.74) is 5.01. The molecule has 1 aromatic carbocycles. The average Bonchev–Trinajstić information content (AvgIpc) is 2.65. The van der Waals surface area contributed by atoms with Crippen LogP contribution in [0.5, 0.6) is 0 Å². The molecule has 2 atom stereocenters. The van der Waals surface area contributed by atoms with E-state index in [-0.39, 0.29) is 12.8 Å². The van der Waals surface area contributed by atoms with Crippen molar-refractivity contribution in [2.75, 3.05) is 13.2 Å². The van der Waals surface area contributed by atoms with Gasteiger partial charge in [0.05, 0.1) is 6.04 Å². The molecule has 0 radical (unpaired) electrons. The molecule has 160 valence electrons. The maximum Gasteiger partial charge on any atom is 0.408 e. The summed E-state index contributed by atoms with van der Waals surface area (Å²) in [4.78, 5) is 37.1. The minimum atomic E-state index is -1.23. The predicted octanol–water partition coefficient (Wildman–Crippen LogP) is 2.05. The number of benzene rings is 1. The van der Waals surface area contributed by atoms with Crippen LogP contribution in [0.2, 0.25) is 0 Å². The third-order valence-electron chi connectivity index (χ3n) is 4.61. The molecular weight excluding hydrogens is 489 g/mol. The van der Waals surface area contributed by atoms with Crippen molar-refractivity contribution in [3.05, 3.63) is 33.4 Å². The Bertz CT molecular complexity index is 727. The van der Waals surface area contributed by atoms with Gasteiger partial charge in [-0.15, -0.1) is 0 Å². The van der Waals surface area contributed by atoms with Crippen LogP contribution in [0.15, 0.2) is 24.3 Å². The van der Waals surface area contributed by atoms with Crippen LogP contribution in [-0.4, -0.2) is 48.7 Å². The quantitative estimate of drug-likeness (QED) is 0.393. The van der Waals surface area contributed by atoms with Crippen molar-refractivity contribution >= 4 is 40.9 Å². The van der Waals surface area contributed by atoms with E-state index in [0.29, 0.717) is 19.5 Å². The SMILES string of the molecule is CC(C)(C)OC(=O)NC1(C(=O)NC(C=O)C(N)c2ccc(I)cc2)CCOCC1. The second-order valence-electron chi connectivity index (χ2n) is 8.03. The molecule has 0 bridgehead atoms. The molecule has 2 unspecified atom stereocenters. The number of nitrogens with two attached hydrogens (primary N) is 1. The molecule has 1 aliphatic heterocycles. The summed E-state index contributed by atoms with van der Waals surface area (Å²) in [6.07, 6.45) is 0.449. The van der Waals surface area contributed by atoms with Crippen molar-refractivity contribution < 1.29 is 23.9 Å². The normalized spacial score (nSPS) is 18.2. The molecule has 1 fully saturated rings. The van der Waals surface area contributed by atoms with Gasteiger partial charge < -0.3 is 30.6 Å². The fourth-order valence-electron chi connectivity index (χ4n) is 3.02. The summed E-state index contributed by atoms with van der Waals surface area (Å²) in [5, 5.41) is 5.39. The van der Waals surface area contributed by atoms with Crippen LogP contribution >= 0.6 is 22.6 Å². The lowest BCUT2D eigenvalue weighted by molar-refractivity contribution is -0.133. The van der Waals surface area contributed by atoms with Gasteiger partial charge in [-0.3, -0.25) is 4.79 Å². The second kappa shape index (κ2) is 9.86. The van der Waals surface area contributed by atoms with E-state index < -0.39 is 35.2 Å². The van der Waals surface area contributed by atoms with Crippen molar-refractivity contribution in [1.29, 1.82) is 0 Å². The number of alkyl carbamates (subject to hydrolysis) is 1. The highest BCUT2D eigenvalue weighted by atomic mass is 127. The van der Waals surface area contributed by atoms with Gasteiger partial charge in [-0.25, -0.2) is 4.79 Å². The summed E-state index contributed by atoms with van der Waals surface area (Å²) in [7, 11) is 0. The van der Waals surface area contributed by atoms with Crippen molar-refractivity contribution in [3.8, 4) is 0 Å². The molecule has 0 aromatic heterocycles. The van der Waals surface area contributed by atoms with Crippen LogP contribution in [0.1, 0.15) is 45.2 Å². The average molecular weight is 517 g/mol. The van der Waals surface area contributed by atoms with E-state index >= 15 is 0 Å². The first kappa shape index (κ1) is 23.6. The van der Waals surface area contributed by atoms with E-state index in [9.17, 15) is 14.4 Å². The number of nitrogens with one attached hydrogen (secondary N) is 2. The minimum Gasteiger partial charge on any atom is -0.444 e. The zero-order valence-electron chi connectivity index (χ0n) is 16.9. The van der Waals surface area contributed by atoms with E-state index in [4.69, 9.17) is 15.2 Å². The highest BCUT2D eigenvalue weighted by Crippen LogP contribution is 2.23. The first-order chi connectivity index (χ1) is 13.6. The number of halogens is 1. The third-order valence-corrected chi connectivity index (χ3v) is 5.33. The minimum absolute atomic E-state index is 0.266. The van der Waals surface area contributed by atoms with E-state index in [1.54, 1.807) is 20.8 Å². The molecule has 1 aliphatic rings. The standard InChI is InChI=1S/C20H28IN3O5/c1-19(2,3)29-18(27)24-20(8-10-28-11-9-20)17(26)23-15(12-25)16(22)13-4-6-14(21)7-5-13/h4-7,12,15-16H,8-11,22H2,1-3H3,(H,23,26)(H,24,27). The Labute approximate surface area is 184 Å². The number of ether oxygens (including phenoxy) is 2. The lowest BCUT2D eigenvalue weighted by Gasteiger charge is -2.38. The van der Waals surface area contributed by atoms with Crippen molar-refractivity contribution in [2.24, 2.45) is 5.73 Å². The van der Waals surface area contributed by atoms with Gasteiger partial charge in [0.1, 0.15) is 23.5 Å². The van der Waals surface area contributed by atoms with E-state index in [1.165, 1.54) is 0 Å². The van der Waals surface area contributed by atoms with Crippen molar-refractivity contribution in [2.45, 2.75) is 56.8 Å². The van der Waals surface area contributed by atoms with Gasteiger partial charge in [0.25, 0.3) is 0 Å². The predicted molar refractivity (Wildman–Crippen MR) is 116 cm³/mol. The summed E-state index contributed by atoms with van der Waals surface area (Å²) in [6.45, 7) is 5.83. The first-order valence-electron chi connectivity index (χ1n) is 9.42. The largest absolute Gasteiger partial charge is 0.444 e. The molecule has 0 spiro atoms. The summed E-state index contributed by atoms with van der Waals surface area (Å²) in [5.74, 6) is -0.482. The molecule has 1 aromatic rings. The topological polar surface area (TPSA) is 120 Å². The fourth-order valence-corrected chi connectivity index (χ4v) is 3.38. The van der Waals surface area contributed by atoms with Crippen LogP contribution < -0.4 is 16.4 Å². The summed E-state index contributed by atoms with van der Waals surface area (Å²) in [6, 6.07) is 5.73. The monoisotopic (exact) mass is 517 g/mol. The Hall–Kier alpha value is -1.72.